The predicted molar refractivity (Wildman–Crippen MR) is 108 cm³/mol. The molecule has 0 amide bonds. The van der Waals surface area contributed by atoms with Gasteiger partial charge < -0.3 is 4.90 Å². The SMILES string of the molecule is CC(C)(C)N1CCC2(CCN(CC3CCN(C(C)(C)C)C3)CC2)CC1. The quantitative estimate of drug-likeness (QED) is 0.743. The van der Waals surface area contributed by atoms with Crippen molar-refractivity contribution in [1.82, 2.24) is 14.7 Å². The number of nitrogens with zero attached hydrogens (tertiary/aromatic N) is 3. The fourth-order valence-electron chi connectivity index (χ4n) is 5.32. The molecule has 146 valence electrons. The highest BCUT2D eigenvalue weighted by atomic mass is 15.2. The molecule has 0 bridgehead atoms. The third kappa shape index (κ3) is 4.78. The standard InChI is InChI=1S/C22H43N3/c1-20(2,3)24-15-10-22(11-16-24)8-13-23(14-9-22)17-19-7-12-25(18-19)21(4,5)6/h19H,7-18H2,1-6H3. The van der Waals surface area contributed by atoms with Crippen LogP contribution in [-0.2, 0) is 0 Å². The van der Waals surface area contributed by atoms with Gasteiger partial charge in [0.15, 0.2) is 0 Å². The van der Waals surface area contributed by atoms with E-state index < -0.39 is 0 Å². The van der Waals surface area contributed by atoms with Gasteiger partial charge in [0.1, 0.15) is 0 Å². The van der Waals surface area contributed by atoms with Crippen LogP contribution in [0, 0.1) is 11.3 Å². The Labute approximate surface area is 157 Å². The highest BCUT2D eigenvalue weighted by Gasteiger charge is 2.40. The van der Waals surface area contributed by atoms with Gasteiger partial charge in [-0.3, -0.25) is 9.80 Å². The molecule has 0 aromatic heterocycles. The monoisotopic (exact) mass is 349 g/mol. The van der Waals surface area contributed by atoms with E-state index >= 15 is 0 Å². The molecule has 3 saturated heterocycles. The maximum atomic E-state index is 2.79. The fourth-order valence-corrected chi connectivity index (χ4v) is 5.32. The molecule has 0 aromatic carbocycles. The van der Waals surface area contributed by atoms with E-state index in [0.29, 0.717) is 16.5 Å². The average Bonchev–Trinajstić information content (AvgIpc) is 2.98. The number of rotatable bonds is 2. The van der Waals surface area contributed by atoms with Crippen LogP contribution in [0.4, 0.5) is 0 Å². The summed E-state index contributed by atoms with van der Waals surface area (Å²) in [6.45, 7) is 23.5. The molecule has 0 N–H and O–H groups in total. The second-order valence-electron chi connectivity index (χ2n) is 11.2. The molecule has 3 heterocycles. The zero-order valence-corrected chi connectivity index (χ0v) is 17.9. The molecule has 0 radical (unpaired) electrons. The summed E-state index contributed by atoms with van der Waals surface area (Å²) in [4.78, 5) is 8.17. The Bertz CT molecular complexity index is 427. The third-order valence-electron chi connectivity index (χ3n) is 7.44. The Balaban J connectivity index is 1.43. The lowest BCUT2D eigenvalue weighted by molar-refractivity contribution is 0.000784. The van der Waals surface area contributed by atoms with Gasteiger partial charge in [-0.1, -0.05) is 0 Å². The van der Waals surface area contributed by atoms with Gasteiger partial charge in [0, 0.05) is 24.2 Å². The molecule has 1 spiro atoms. The molecule has 3 aliphatic rings. The smallest absolute Gasteiger partial charge is 0.0125 e. The Morgan fingerprint density at radius 3 is 1.72 bits per heavy atom. The summed E-state index contributed by atoms with van der Waals surface area (Å²) in [5.41, 5.74) is 1.37. The third-order valence-corrected chi connectivity index (χ3v) is 7.44. The van der Waals surface area contributed by atoms with E-state index in [1.807, 2.05) is 0 Å². The Hall–Kier alpha value is -0.120. The molecule has 3 heteroatoms. The van der Waals surface area contributed by atoms with Crippen LogP contribution in [-0.4, -0.2) is 71.6 Å². The molecular formula is C22H43N3. The maximum absolute atomic E-state index is 2.79. The molecule has 0 aliphatic carbocycles. The fraction of sp³-hybridized carbons (Fsp3) is 1.00. The van der Waals surface area contributed by atoms with Crippen LogP contribution in [0.3, 0.4) is 0 Å². The van der Waals surface area contributed by atoms with Crippen LogP contribution in [0.1, 0.15) is 73.6 Å². The van der Waals surface area contributed by atoms with E-state index in [0.717, 1.165) is 5.92 Å². The van der Waals surface area contributed by atoms with Gasteiger partial charge in [0.05, 0.1) is 0 Å². The lowest BCUT2D eigenvalue weighted by Gasteiger charge is -2.50. The summed E-state index contributed by atoms with van der Waals surface area (Å²) in [5, 5.41) is 0. The average molecular weight is 350 g/mol. The number of hydrogen-bond donors (Lipinski definition) is 0. The lowest BCUT2D eigenvalue weighted by Crippen LogP contribution is -2.52. The minimum atomic E-state index is 0.349. The van der Waals surface area contributed by atoms with E-state index in [4.69, 9.17) is 0 Å². The second-order valence-corrected chi connectivity index (χ2v) is 11.2. The van der Waals surface area contributed by atoms with Gasteiger partial charge in [0.25, 0.3) is 0 Å². The van der Waals surface area contributed by atoms with Gasteiger partial charge in [-0.05, 0) is 118 Å². The van der Waals surface area contributed by atoms with Crippen molar-refractivity contribution >= 4 is 0 Å². The normalized spacial score (nSPS) is 30.2. The van der Waals surface area contributed by atoms with Crippen molar-refractivity contribution in [3.63, 3.8) is 0 Å². The topological polar surface area (TPSA) is 9.72 Å². The van der Waals surface area contributed by atoms with Crippen molar-refractivity contribution in [2.24, 2.45) is 11.3 Å². The van der Waals surface area contributed by atoms with Crippen LogP contribution in [0.15, 0.2) is 0 Å². The van der Waals surface area contributed by atoms with Crippen molar-refractivity contribution in [3.05, 3.63) is 0 Å². The molecule has 3 rings (SSSR count). The minimum absolute atomic E-state index is 0.349. The van der Waals surface area contributed by atoms with Crippen molar-refractivity contribution in [1.29, 1.82) is 0 Å². The van der Waals surface area contributed by atoms with Crippen molar-refractivity contribution < 1.29 is 0 Å². The second kappa shape index (κ2) is 7.13. The van der Waals surface area contributed by atoms with Crippen molar-refractivity contribution in [2.45, 2.75) is 84.7 Å². The molecule has 1 atom stereocenters. The van der Waals surface area contributed by atoms with E-state index in [1.54, 1.807) is 0 Å². The molecule has 1 unspecified atom stereocenters. The first-order valence-corrected chi connectivity index (χ1v) is 10.8. The lowest BCUT2D eigenvalue weighted by atomic mass is 9.70. The molecule has 25 heavy (non-hydrogen) atoms. The highest BCUT2D eigenvalue weighted by Crippen LogP contribution is 2.42. The van der Waals surface area contributed by atoms with Crippen LogP contribution >= 0.6 is 0 Å². The maximum Gasteiger partial charge on any atom is 0.0125 e. The van der Waals surface area contributed by atoms with Gasteiger partial charge in [0.2, 0.25) is 0 Å². The molecular weight excluding hydrogens is 306 g/mol. The largest absolute Gasteiger partial charge is 0.303 e. The summed E-state index contributed by atoms with van der Waals surface area (Å²) >= 11 is 0. The Kier molecular flexibility index (Phi) is 5.60. The zero-order valence-electron chi connectivity index (χ0n) is 17.9. The van der Waals surface area contributed by atoms with E-state index in [9.17, 15) is 0 Å². The molecule has 0 saturated carbocycles. The van der Waals surface area contributed by atoms with Gasteiger partial charge in [-0.15, -0.1) is 0 Å². The highest BCUT2D eigenvalue weighted by molar-refractivity contribution is 4.94. The Morgan fingerprint density at radius 2 is 1.24 bits per heavy atom. The summed E-state index contributed by atoms with van der Waals surface area (Å²) in [7, 11) is 0. The first-order chi connectivity index (χ1) is 11.6. The van der Waals surface area contributed by atoms with Gasteiger partial charge in [-0.2, -0.15) is 0 Å². The van der Waals surface area contributed by atoms with Crippen LogP contribution in [0.5, 0.6) is 0 Å². The molecule has 3 aliphatic heterocycles. The van der Waals surface area contributed by atoms with Crippen molar-refractivity contribution in [2.75, 3.05) is 45.8 Å². The van der Waals surface area contributed by atoms with Crippen LogP contribution in [0.2, 0.25) is 0 Å². The summed E-state index contributed by atoms with van der Waals surface area (Å²) in [5.74, 6) is 0.899. The van der Waals surface area contributed by atoms with E-state index in [1.165, 1.54) is 77.9 Å². The predicted octanol–water partition coefficient (Wildman–Crippen LogP) is 4.08. The zero-order chi connectivity index (χ0) is 18.3. The minimum Gasteiger partial charge on any atom is -0.303 e. The molecule has 3 fully saturated rings. The van der Waals surface area contributed by atoms with Crippen molar-refractivity contribution in [3.8, 4) is 0 Å². The van der Waals surface area contributed by atoms with Crippen LogP contribution in [0.25, 0.3) is 0 Å². The summed E-state index contributed by atoms with van der Waals surface area (Å²) < 4.78 is 0. The summed E-state index contributed by atoms with van der Waals surface area (Å²) in [6.07, 6.45) is 7.15. The first-order valence-electron chi connectivity index (χ1n) is 10.8. The van der Waals surface area contributed by atoms with E-state index in [-0.39, 0.29) is 0 Å². The van der Waals surface area contributed by atoms with Gasteiger partial charge >= 0.3 is 0 Å². The van der Waals surface area contributed by atoms with Crippen LogP contribution < -0.4 is 0 Å². The first kappa shape index (κ1) is 19.6. The number of piperidine rings is 2. The molecule has 3 nitrogen and oxygen atoms in total. The summed E-state index contributed by atoms with van der Waals surface area (Å²) in [6, 6.07) is 0. The number of likely N-dealkylation sites (tertiary alicyclic amines) is 3. The Morgan fingerprint density at radius 1 is 0.720 bits per heavy atom. The molecule has 0 aromatic rings. The van der Waals surface area contributed by atoms with Gasteiger partial charge in [-0.25, -0.2) is 0 Å². The number of hydrogen-bond acceptors (Lipinski definition) is 3. The van der Waals surface area contributed by atoms with E-state index in [2.05, 4.69) is 56.2 Å².